The minimum Gasteiger partial charge on any atom is -0.494 e. The molecule has 0 aromatic heterocycles. The van der Waals surface area contributed by atoms with Gasteiger partial charge in [0.15, 0.2) is 5.17 Å². The summed E-state index contributed by atoms with van der Waals surface area (Å²) >= 11 is 7.13. The number of benzene rings is 2. The van der Waals surface area contributed by atoms with Crippen LogP contribution in [0.2, 0.25) is 5.02 Å². The number of halogens is 1. The third kappa shape index (κ3) is 4.29. The lowest BCUT2D eigenvalue weighted by atomic mass is 10.1. The third-order valence-corrected chi connectivity index (χ3v) is 4.89. The number of carbonyl (C=O) groups excluding carboxylic acids is 1. The second kappa shape index (κ2) is 7.81. The van der Waals surface area contributed by atoms with E-state index >= 15 is 0 Å². The molecule has 7 nitrogen and oxygen atoms in total. The molecule has 2 aromatic rings. The number of nitrogens with one attached hydrogen (secondary N) is 1. The normalized spacial score (nSPS) is 16.6. The summed E-state index contributed by atoms with van der Waals surface area (Å²) in [6.07, 6.45) is 1.59. The Labute approximate surface area is 164 Å². The first-order valence-corrected chi connectivity index (χ1v) is 8.95. The van der Waals surface area contributed by atoms with E-state index in [2.05, 4.69) is 10.3 Å². The number of thioether (sulfide) groups is 1. The number of hydrogen-bond donors (Lipinski definition) is 1. The Hall–Kier alpha value is -2.84. The molecular formula is C18H14ClN3O4S. The maximum Gasteiger partial charge on any atom is 0.272 e. The van der Waals surface area contributed by atoms with Gasteiger partial charge in [-0.2, -0.15) is 0 Å². The van der Waals surface area contributed by atoms with Crippen molar-refractivity contribution in [1.29, 1.82) is 0 Å². The lowest BCUT2D eigenvalue weighted by molar-refractivity contribution is -0.385. The molecule has 0 aliphatic carbocycles. The van der Waals surface area contributed by atoms with Crippen molar-refractivity contribution >= 4 is 51.9 Å². The molecule has 27 heavy (non-hydrogen) atoms. The molecule has 0 saturated carbocycles. The molecule has 138 valence electrons. The maximum atomic E-state index is 12.2. The van der Waals surface area contributed by atoms with E-state index in [4.69, 9.17) is 16.3 Å². The monoisotopic (exact) mass is 403 g/mol. The van der Waals surface area contributed by atoms with Crippen molar-refractivity contribution in [2.75, 3.05) is 7.11 Å². The Balaban J connectivity index is 1.90. The van der Waals surface area contributed by atoms with Crippen molar-refractivity contribution < 1.29 is 14.5 Å². The van der Waals surface area contributed by atoms with E-state index < -0.39 is 4.92 Å². The van der Waals surface area contributed by atoms with Crippen LogP contribution in [0.25, 0.3) is 6.08 Å². The maximum absolute atomic E-state index is 12.2. The lowest BCUT2D eigenvalue weighted by Gasteiger charge is -2.05. The molecule has 1 amide bonds. The first-order valence-electron chi connectivity index (χ1n) is 7.75. The number of rotatable bonds is 4. The van der Waals surface area contributed by atoms with Crippen LogP contribution < -0.4 is 10.1 Å². The molecule has 0 atom stereocenters. The predicted molar refractivity (Wildman–Crippen MR) is 107 cm³/mol. The number of carbonyl (C=O) groups is 1. The number of methoxy groups -OCH3 is 1. The van der Waals surface area contributed by atoms with Crippen LogP contribution in [-0.2, 0) is 4.79 Å². The standard InChI is InChI=1S/C18H14ClN3O4S/c1-10-3-4-11(7-14(10)22(24)25)8-16-17(23)21-18(27-16)20-13-9-12(19)5-6-15(13)26-2/h3-9H,1-2H3,(H,20,21,23)/b16-8-. The Morgan fingerprint density at radius 1 is 1.30 bits per heavy atom. The van der Waals surface area contributed by atoms with Gasteiger partial charge in [-0.25, -0.2) is 4.99 Å². The highest BCUT2D eigenvalue weighted by atomic mass is 35.5. The Morgan fingerprint density at radius 2 is 2.07 bits per heavy atom. The summed E-state index contributed by atoms with van der Waals surface area (Å²) in [5.74, 6) is 0.191. The molecule has 1 aliphatic heterocycles. The first kappa shape index (κ1) is 18.9. The second-order valence-corrected chi connectivity index (χ2v) is 7.07. The van der Waals surface area contributed by atoms with E-state index in [1.54, 1.807) is 43.3 Å². The molecule has 3 rings (SSSR count). The van der Waals surface area contributed by atoms with Gasteiger partial charge in [-0.3, -0.25) is 14.9 Å². The number of nitro groups is 1. The number of amidine groups is 1. The van der Waals surface area contributed by atoms with Gasteiger partial charge in [0.25, 0.3) is 11.6 Å². The fourth-order valence-electron chi connectivity index (χ4n) is 2.40. The second-order valence-electron chi connectivity index (χ2n) is 5.60. The van der Waals surface area contributed by atoms with Crippen molar-refractivity contribution in [3.05, 3.63) is 67.6 Å². The summed E-state index contributed by atoms with van der Waals surface area (Å²) in [5.41, 5.74) is 1.61. The van der Waals surface area contributed by atoms with Gasteiger partial charge < -0.3 is 10.1 Å². The fraction of sp³-hybridized carbons (Fsp3) is 0.111. The van der Waals surface area contributed by atoms with Gasteiger partial charge in [0.05, 0.1) is 16.9 Å². The van der Waals surface area contributed by atoms with Gasteiger partial charge in [-0.05, 0) is 48.5 Å². The largest absolute Gasteiger partial charge is 0.494 e. The molecule has 0 bridgehead atoms. The molecule has 1 aliphatic rings. The molecule has 0 unspecified atom stereocenters. The molecule has 0 radical (unpaired) electrons. The Morgan fingerprint density at radius 3 is 2.78 bits per heavy atom. The number of ether oxygens (including phenoxy) is 1. The highest BCUT2D eigenvalue weighted by molar-refractivity contribution is 8.18. The zero-order valence-electron chi connectivity index (χ0n) is 14.4. The number of nitrogens with zero attached hydrogens (tertiary/aromatic N) is 2. The van der Waals surface area contributed by atoms with Crippen molar-refractivity contribution in [3.63, 3.8) is 0 Å². The van der Waals surface area contributed by atoms with Crippen LogP contribution in [0.5, 0.6) is 5.75 Å². The van der Waals surface area contributed by atoms with Gasteiger partial charge in [0, 0.05) is 16.7 Å². The highest BCUT2D eigenvalue weighted by Crippen LogP contribution is 2.34. The third-order valence-electron chi connectivity index (χ3n) is 3.74. The van der Waals surface area contributed by atoms with Crippen LogP contribution in [0.15, 0.2) is 46.3 Å². The van der Waals surface area contributed by atoms with Gasteiger partial charge in [-0.15, -0.1) is 0 Å². The summed E-state index contributed by atoms with van der Waals surface area (Å²) in [4.78, 5) is 27.6. The van der Waals surface area contributed by atoms with E-state index in [1.165, 1.54) is 13.2 Å². The van der Waals surface area contributed by atoms with Gasteiger partial charge in [-0.1, -0.05) is 23.7 Å². The van der Waals surface area contributed by atoms with Crippen molar-refractivity contribution in [3.8, 4) is 5.75 Å². The zero-order valence-corrected chi connectivity index (χ0v) is 15.9. The predicted octanol–water partition coefficient (Wildman–Crippen LogP) is 4.46. The minimum absolute atomic E-state index is 0.00492. The molecule has 1 fully saturated rings. The quantitative estimate of drug-likeness (QED) is 0.462. The summed E-state index contributed by atoms with van der Waals surface area (Å²) in [6.45, 7) is 1.66. The van der Waals surface area contributed by atoms with E-state index in [9.17, 15) is 14.9 Å². The molecule has 1 saturated heterocycles. The minimum atomic E-state index is -0.447. The SMILES string of the molecule is COc1ccc(Cl)cc1N=C1NC(=O)/C(=C/c2ccc(C)c([N+](=O)[O-])c2)S1. The lowest BCUT2D eigenvalue weighted by Crippen LogP contribution is -2.19. The first-order chi connectivity index (χ1) is 12.9. The van der Waals surface area contributed by atoms with Crippen LogP contribution >= 0.6 is 23.4 Å². The van der Waals surface area contributed by atoms with Crippen LogP contribution in [-0.4, -0.2) is 23.1 Å². The summed E-state index contributed by atoms with van der Waals surface area (Å²) < 4.78 is 5.24. The number of aliphatic imine (C=N–C) groups is 1. The summed E-state index contributed by atoms with van der Waals surface area (Å²) in [6, 6.07) is 9.80. The van der Waals surface area contributed by atoms with Gasteiger partial charge in [0.1, 0.15) is 11.4 Å². The number of aryl methyl sites for hydroxylation is 1. The Kier molecular flexibility index (Phi) is 5.48. The van der Waals surface area contributed by atoms with Crippen LogP contribution in [0.3, 0.4) is 0 Å². The fourth-order valence-corrected chi connectivity index (χ4v) is 3.41. The van der Waals surface area contributed by atoms with Gasteiger partial charge >= 0.3 is 0 Å². The number of amides is 1. The average molecular weight is 404 g/mol. The van der Waals surface area contributed by atoms with Crippen LogP contribution in [0.1, 0.15) is 11.1 Å². The van der Waals surface area contributed by atoms with Crippen molar-refractivity contribution in [1.82, 2.24) is 5.32 Å². The highest BCUT2D eigenvalue weighted by Gasteiger charge is 2.24. The average Bonchev–Trinajstić information content (AvgIpc) is 2.95. The number of nitro benzene ring substituents is 1. The van der Waals surface area contributed by atoms with E-state index in [1.807, 2.05) is 0 Å². The van der Waals surface area contributed by atoms with E-state index in [0.29, 0.717) is 37.7 Å². The van der Waals surface area contributed by atoms with E-state index in [0.717, 1.165) is 11.8 Å². The topological polar surface area (TPSA) is 93.8 Å². The molecule has 1 N–H and O–H groups in total. The van der Waals surface area contributed by atoms with Crippen LogP contribution in [0.4, 0.5) is 11.4 Å². The van der Waals surface area contributed by atoms with Crippen molar-refractivity contribution in [2.45, 2.75) is 6.92 Å². The molecule has 9 heteroatoms. The zero-order chi connectivity index (χ0) is 19.6. The summed E-state index contributed by atoms with van der Waals surface area (Å²) in [7, 11) is 1.52. The number of hydrogen-bond acceptors (Lipinski definition) is 6. The van der Waals surface area contributed by atoms with E-state index in [-0.39, 0.29) is 11.6 Å². The van der Waals surface area contributed by atoms with Crippen molar-refractivity contribution in [2.24, 2.45) is 4.99 Å². The van der Waals surface area contributed by atoms with Gasteiger partial charge in [0.2, 0.25) is 0 Å². The molecular weight excluding hydrogens is 390 g/mol. The summed E-state index contributed by atoms with van der Waals surface area (Å²) in [5, 5.41) is 14.6. The van der Waals surface area contributed by atoms with Crippen LogP contribution in [0, 0.1) is 17.0 Å². The molecule has 2 aromatic carbocycles. The molecule has 1 heterocycles. The Bertz CT molecular complexity index is 1000. The molecule has 0 spiro atoms. The smallest absolute Gasteiger partial charge is 0.272 e.